The molecule has 144 valence electrons. The van der Waals surface area contributed by atoms with Crippen LogP contribution in [-0.4, -0.2) is 49.1 Å². The Kier molecular flexibility index (Phi) is 4.71. The number of alkyl halides is 3. The van der Waals surface area contributed by atoms with E-state index in [0.29, 0.717) is 24.9 Å². The molecular formula is C18H23F3N2O3. The van der Waals surface area contributed by atoms with Crippen LogP contribution in [0.25, 0.3) is 0 Å². The molecule has 1 aromatic carbocycles. The molecule has 1 aromatic rings. The number of benzene rings is 1. The Hall–Kier alpha value is -2.12. The number of carbonyl (C=O) groups is 1. The lowest BCUT2D eigenvalue weighted by Crippen LogP contribution is -2.37. The Labute approximate surface area is 150 Å². The first-order valence-electron chi connectivity index (χ1n) is 8.59. The third kappa shape index (κ3) is 4.53. The molecule has 2 saturated heterocycles. The zero-order valence-electron chi connectivity index (χ0n) is 15.0. The van der Waals surface area contributed by atoms with E-state index in [2.05, 4.69) is 9.64 Å². The van der Waals surface area contributed by atoms with Crippen LogP contribution in [0.5, 0.6) is 5.75 Å². The molecule has 2 aliphatic heterocycles. The van der Waals surface area contributed by atoms with Crippen molar-refractivity contribution in [1.29, 1.82) is 0 Å². The molecule has 3 rings (SSSR count). The number of fused-ring (bicyclic) bond motifs is 1. The predicted octanol–water partition coefficient (Wildman–Crippen LogP) is 3.89. The topological polar surface area (TPSA) is 42.0 Å². The molecule has 2 aliphatic rings. The van der Waals surface area contributed by atoms with Gasteiger partial charge in [0.05, 0.1) is 0 Å². The van der Waals surface area contributed by atoms with Gasteiger partial charge in [-0.05, 0) is 45.0 Å². The molecule has 0 aromatic heterocycles. The molecule has 0 radical (unpaired) electrons. The van der Waals surface area contributed by atoms with Crippen molar-refractivity contribution >= 4 is 11.8 Å². The maximum atomic E-state index is 12.2. The molecule has 5 nitrogen and oxygen atoms in total. The first kappa shape index (κ1) is 18.7. The lowest BCUT2D eigenvalue weighted by Gasteiger charge is -2.26. The number of anilines is 1. The number of carbonyl (C=O) groups excluding carboxylic acids is 1. The molecule has 0 aliphatic carbocycles. The van der Waals surface area contributed by atoms with Gasteiger partial charge < -0.3 is 19.3 Å². The van der Waals surface area contributed by atoms with E-state index in [1.165, 1.54) is 12.1 Å². The van der Waals surface area contributed by atoms with Gasteiger partial charge in [0, 0.05) is 43.7 Å². The van der Waals surface area contributed by atoms with E-state index >= 15 is 0 Å². The third-order valence-electron chi connectivity index (χ3n) is 4.57. The first-order valence-corrected chi connectivity index (χ1v) is 8.59. The largest absolute Gasteiger partial charge is 0.573 e. The van der Waals surface area contributed by atoms with Gasteiger partial charge in [-0.25, -0.2) is 4.79 Å². The molecule has 0 saturated carbocycles. The molecular weight excluding hydrogens is 349 g/mol. The number of likely N-dealkylation sites (tertiary alicyclic amines) is 1. The number of hydrogen-bond donors (Lipinski definition) is 0. The predicted molar refractivity (Wildman–Crippen MR) is 90.1 cm³/mol. The van der Waals surface area contributed by atoms with E-state index in [0.717, 1.165) is 18.8 Å². The summed E-state index contributed by atoms with van der Waals surface area (Å²) in [5.41, 5.74) is 0.346. The van der Waals surface area contributed by atoms with Gasteiger partial charge >= 0.3 is 12.5 Å². The molecule has 8 heteroatoms. The molecule has 1 amide bonds. The Morgan fingerprint density at radius 1 is 1.00 bits per heavy atom. The van der Waals surface area contributed by atoms with Gasteiger partial charge in [0.25, 0.3) is 0 Å². The van der Waals surface area contributed by atoms with Crippen LogP contribution >= 0.6 is 0 Å². The van der Waals surface area contributed by atoms with Gasteiger partial charge in [0.15, 0.2) is 0 Å². The first-order chi connectivity index (χ1) is 12.0. The molecule has 0 unspecified atom stereocenters. The van der Waals surface area contributed by atoms with Gasteiger partial charge in [-0.2, -0.15) is 0 Å². The van der Waals surface area contributed by atoms with Crippen molar-refractivity contribution in [3.8, 4) is 5.75 Å². The maximum Gasteiger partial charge on any atom is 0.573 e. The second-order valence-corrected chi connectivity index (χ2v) is 7.85. The summed E-state index contributed by atoms with van der Waals surface area (Å²) in [6.07, 6.45) is -4.97. The van der Waals surface area contributed by atoms with Gasteiger partial charge in [0.2, 0.25) is 0 Å². The van der Waals surface area contributed by atoms with Crippen molar-refractivity contribution in [2.24, 2.45) is 11.8 Å². The Bertz CT molecular complexity index is 641. The van der Waals surface area contributed by atoms with Gasteiger partial charge in [-0.15, -0.1) is 13.2 Å². The molecule has 26 heavy (non-hydrogen) atoms. The smallest absolute Gasteiger partial charge is 0.444 e. The zero-order chi connectivity index (χ0) is 19.1. The lowest BCUT2D eigenvalue weighted by molar-refractivity contribution is -0.274. The van der Waals surface area contributed by atoms with Crippen LogP contribution in [0.4, 0.5) is 23.7 Å². The summed E-state index contributed by atoms with van der Waals surface area (Å²) in [6, 6.07) is 5.91. The summed E-state index contributed by atoms with van der Waals surface area (Å²) in [7, 11) is 0. The summed E-state index contributed by atoms with van der Waals surface area (Å²) in [4.78, 5) is 16.1. The van der Waals surface area contributed by atoms with Crippen LogP contribution in [0.1, 0.15) is 20.8 Å². The van der Waals surface area contributed by atoms with E-state index in [-0.39, 0.29) is 11.8 Å². The Morgan fingerprint density at radius 2 is 1.54 bits per heavy atom. The number of rotatable bonds is 2. The monoisotopic (exact) mass is 372 g/mol. The summed E-state index contributed by atoms with van der Waals surface area (Å²) in [6.45, 7) is 8.35. The molecule has 0 spiro atoms. The third-order valence-corrected chi connectivity index (χ3v) is 4.57. The van der Waals surface area contributed by atoms with Crippen LogP contribution in [0.3, 0.4) is 0 Å². The summed E-state index contributed by atoms with van der Waals surface area (Å²) >= 11 is 0. The van der Waals surface area contributed by atoms with Crippen LogP contribution in [0.15, 0.2) is 24.3 Å². The summed E-state index contributed by atoms with van der Waals surface area (Å²) in [5, 5.41) is 0. The quantitative estimate of drug-likeness (QED) is 0.790. The Balaban J connectivity index is 1.56. The van der Waals surface area contributed by atoms with Crippen molar-refractivity contribution in [2.45, 2.75) is 32.7 Å². The van der Waals surface area contributed by atoms with Crippen molar-refractivity contribution in [2.75, 3.05) is 31.1 Å². The summed E-state index contributed by atoms with van der Waals surface area (Å²) < 4.78 is 46.0. The van der Waals surface area contributed by atoms with Gasteiger partial charge in [-0.3, -0.25) is 0 Å². The molecule has 2 atom stereocenters. The number of nitrogens with zero attached hydrogens (tertiary/aromatic N) is 2. The van der Waals surface area contributed by atoms with Crippen LogP contribution in [0, 0.1) is 11.8 Å². The fraction of sp³-hybridized carbons (Fsp3) is 0.611. The minimum absolute atomic E-state index is 0.225. The van der Waals surface area contributed by atoms with E-state index in [4.69, 9.17) is 4.74 Å². The normalized spacial score (nSPS) is 23.2. The highest BCUT2D eigenvalue weighted by atomic mass is 19.4. The van der Waals surface area contributed by atoms with E-state index in [1.807, 2.05) is 20.8 Å². The number of hydrogen-bond acceptors (Lipinski definition) is 4. The molecule has 2 fully saturated rings. The second kappa shape index (κ2) is 6.55. The van der Waals surface area contributed by atoms with E-state index < -0.39 is 12.0 Å². The summed E-state index contributed by atoms with van der Waals surface area (Å²) in [5.74, 6) is 0.457. The van der Waals surface area contributed by atoms with Crippen molar-refractivity contribution < 1.29 is 27.4 Å². The fourth-order valence-corrected chi connectivity index (χ4v) is 3.54. The van der Waals surface area contributed by atoms with Gasteiger partial charge in [-0.1, -0.05) is 0 Å². The standard InChI is InChI=1S/C18H23F3N2O3/c1-17(2,3)26-16(24)23-10-12-8-22(9-13(12)11-23)14-4-6-15(7-5-14)25-18(19,20)21/h4-7,12-13H,8-11H2,1-3H3/t12-,13+. The SMILES string of the molecule is CC(C)(C)OC(=O)N1C[C@@H]2CN(c3ccc(OC(F)(F)F)cc3)C[C@@H]2C1. The van der Waals surface area contributed by atoms with Gasteiger partial charge in [0.1, 0.15) is 11.4 Å². The zero-order valence-corrected chi connectivity index (χ0v) is 15.0. The molecule has 0 bridgehead atoms. The van der Waals surface area contributed by atoms with E-state index in [9.17, 15) is 18.0 Å². The van der Waals surface area contributed by atoms with E-state index in [1.54, 1.807) is 17.0 Å². The average Bonchev–Trinajstić information content (AvgIpc) is 3.03. The second-order valence-electron chi connectivity index (χ2n) is 7.85. The maximum absolute atomic E-state index is 12.2. The number of ether oxygens (including phenoxy) is 2. The van der Waals surface area contributed by atoms with Crippen LogP contribution < -0.4 is 9.64 Å². The number of halogens is 3. The highest BCUT2D eigenvalue weighted by Crippen LogP contribution is 2.35. The van der Waals surface area contributed by atoms with Crippen LogP contribution in [-0.2, 0) is 4.74 Å². The molecule has 0 N–H and O–H groups in total. The minimum atomic E-state index is -4.68. The Morgan fingerprint density at radius 3 is 2.00 bits per heavy atom. The lowest BCUT2D eigenvalue weighted by atomic mass is 10.0. The van der Waals surface area contributed by atoms with Crippen LogP contribution in [0.2, 0.25) is 0 Å². The minimum Gasteiger partial charge on any atom is -0.444 e. The average molecular weight is 372 g/mol. The van der Waals surface area contributed by atoms with Crippen molar-refractivity contribution in [1.82, 2.24) is 4.90 Å². The van der Waals surface area contributed by atoms with Crippen molar-refractivity contribution in [3.05, 3.63) is 24.3 Å². The highest BCUT2D eigenvalue weighted by Gasteiger charge is 2.42. The van der Waals surface area contributed by atoms with Crippen molar-refractivity contribution in [3.63, 3.8) is 0 Å². The number of amides is 1. The fourth-order valence-electron chi connectivity index (χ4n) is 3.54. The molecule has 2 heterocycles. The highest BCUT2D eigenvalue weighted by molar-refractivity contribution is 5.68.